The van der Waals surface area contributed by atoms with Gasteiger partial charge in [-0.2, -0.15) is 0 Å². The van der Waals surface area contributed by atoms with Crippen LogP contribution in [0.4, 0.5) is 0 Å². The van der Waals surface area contributed by atoms with Gasteiger partial charge in [-0.1, -0.05) is 6.07 Å². The Balaban J connectivity index is 1.28. The lowest BCUT2D eigenvalue weighted by atomic mass is 9.48. The van der Waals surface area contributed by atoms with E-state index < -0.39 is 17.1 Å². The highest BCUT2D eigenvalue weighted by molar-refractivity contribution is 5.92. The van der Waals surface area contributed by atoms with Crippen LogP contribution in [-0.2, 0) is 21.4 Å². The molecular formula is C28H30N2O6. The van der Waals surface area contributed by atoms with E-state index in [4.69, 9.17) is 13.9 Å². The molecule has 5 aliphatic rings. The van der Waals surface area contributed by atoms with Crippen molar-refractivity contribution in [1.29, 1.82) is 0 Å². The molecule has 2 aromatic rings. The third-order valence-electron chi connectivity index (χ3n) is 9.17. The lowest BCUT2D eigenvalue weighted by molar-refractivity contribution is -0.196. The van der Waals surface area contributed by atoms with E-state index in [0.29, 0.717) is 43.7 Å². The Morgan fingerprint density at radius 3 is 2.83 bits per heavy atom. The van der Waals surface area contributed by atoms with Gasteiger partial charge < -0.3 is 29.2 Å². The van der Waals surface area contributed by atoms with Gasteiger partial charge in [0.2, 0.25) is 11.8 Å². The molecule has 0 radical (unpaired) electrons. The number of methoxy groups -OCH3 is 1. The molecule has 8 nitrogen and oxygen atoms in total. The quantitative estimate of drug-likeness (QED) is 0.625. The summed E-state index contributed by atoms with van der Waals surface area (Å²) in [5.41, 5.74) is 1.09. The third-order valence-corrected chi connectivity index (χ3v) is 9.17. The van der Waals surface area contributed by atoms with Crippen molar-refractivity contribution in [3.05, 3.63) is 53.5 Å². The number of hydrogen-bond donors (Lipinski definition) is 2. The molecule has 188 valence electrons. The molecule has 5 atom stereocenters. The van der Waals surface area contributed by atoms with Gasteiger partial charge in [-0.15, -0.1) is 0 Å². The zero-order valence-electron chi connectivity index (χ0n) is 20.2. The van der Waals surface area contributed by atoms with Gasteiger partial charge in [0.25, 0.3) is 0 Å². The molecule has 2 N–H and O–H groups in total. The van der Waals surface area contributed by atoms with E-state index in [1.54, 1.807) is 31.8 Å². The second-order valence-electron chi connectivity index (χ2n) is 10.9. The Morgan fingerprint density at radius 2 is 2.08 bits per heavy atom. The molecule has 3 fully saturated rings. The van der Waals surface area contributed by atoms with Crippen molar-refractivity contribution in [2.24, 2.45) is 5.92 Å². The molecule has 2 amide bonds. The largest absolute Gasteiger partial charge is 0.493 e. The van der Waals surface area contributed by atoms with Gasteiger partial charge in [0, 0.05) is 29.7 Å². The number of hydrogen-bond acceptors (Lipinski definition) is 6. The first kappa shape index (κ1) is 22.0. The summed E-state index contributed by atoms with van der Waals surface area (Å²) in [6.45, 7) is 0.583. The second-order valence-corrected chi connectivity index (χ2v) is 10.9. The number of piperidine rings is 1. The number of carbonyl (C=O) groups is 2. The van der Waals surface area contributed by atoms with Crippen LogP contribution in [0.15, 0.2) is 41.2 Å². The number of ether oxygens (including phenoxy) is 2. The van der Waals surface area contributed by atoms with Gasteiger partial charge in [0.15, 0.2) is 11.5 Å². The summed E-state index contributed by atoms with van der Waals surface area (Å²) in [7, 11) is 1.62. The summed E-state index contributed by atoms with van der Waals surface area (Å²) in [6.07, 6.45) is 10.0. The van der Waals surface area contributed by atoms with E-state index in [2.05, 4.69) is 11.4 Å². The number of nitrogens with zero attached hydrogens (tertiary/aromatic N) is 1. The van der Waals surface area contributed by atoms with Crippen molar-refractivity contribution in [1.82, 2.24) is 10.2 Å². The fourth-order valence-corrected chi connectivity index (χ4v) is 7.44. The number of nitrogens with one attached hydrogen (secondary N) is 1. The van der Waals surface area contributed by atoms with Crippen LogP contribution < -0.4 is 14.8 Å². The minimum absolute atomic E-state index is 0.101. The second kappa shape index (κ2) is 7.62. The highest BCUT2D eigenvalue weighted by Crippen LogP contribution is 2.65. The number of carbonyl (C=O) groups excluding carboxylic acids is 2. The molecule has 8 heteroatoms. The molecule has 7 rings (SSSR count). The average molecular weight is 491 g/mol. The van der Waals surface area contributed by atoms with Crippen LogP contribution in [0, 0.1) is 5.92 Å². The molecule has 1 saturated heterocycles. The van der Waals surface area contributed by atoms with Crippen molar-refractivity contribution in [2.45, 2.75) is 67.7 Å². The first-order chi connectivity index (χ1) is 17.5. The summed E-state index contributed by atoms with van der Waals surface area (Å²) in [5, 5.41) is 15.7. The lowest BCUT2D eigenvalue weighted by Gasteiger charge is -2.64. The SMILES string of the molecule is COc1ccc2c3c1O[C@@H]1[C@@H](NC(=O)/C=C/c4ccoc4)CC[C@]4(O)[C@H](C2)N(C(=O)C2CC2)CC[C@@]314. The van der Waals surface area contributed by atoms with Crippen LogP contribution >= 0.6 is 0 Å². The van der Waals surface area contributed by atoms with E-state index in [9.17, 15) is 14.7 Å². The maximum atomic E-state index is 13.3. The molecule has 2 saturated carbocycles. The Kier molecular flexibility index (Phi) is 4.65. The fraction of sp³-hybridized carbons (Fsp3) is 0.500. The standard InChI is InChI=1S/C28H30N2O6/c1-34-20-6-5-18-14-21-28(33)10-8-19(29-22(31)7-2-16-9-13-35-15-16)25-27(28,23(18)24(20)36-25)11-12-30(21)26(32)17-3-4-17/h2,5-7,9,13,15,17,19,21,25,33H,3-4,8,10-12,14H2,1H3,(H,29,31)/b7-2+/t19-,21-,25+,27+,28-/m0/s1. The number of rotatable bonds is 5. The molecule has 1 spiro atoms. The van der Waals surface area contributed by atoms with Crippen molar-refractivity contribution in [2.75, 3.05) is 13.7 Å². The molecule has 1 aromatic carbocycles. The molecule has 2 aliphatic heterocycles. The zero-order chi connectivity index (χ0) is 24.7. The van der Waals surface area contributed by atoms with Gasteiger partial charge in [0.05, 0.1) is 42.7 Å². The molecule has 0 unspecified atom stereocenters. The van der Waals surface area contributed by atoms with Crippen LogP contribution in [0.3, 0.4) is 0 Å². The van der Waals surface area contributed by atoms with E-state index in [1.807, 2.05) is 11.0 Å². The van der Waals surface area contributed by atoms with Gasteiger partial charge >= 0.3 is 0 Å². The molecule has 1 aromatic heterocycles. The zero-order valence-corrected chi connectivity index (χ0v) is 20.2. The first-order valence-electron chi connectivity index (χ1n) is 12.9. The number of furan rings is 1. The molecule has 3 heterocycles. The normalized spacial score (nSPS) is 33.7. The molecular weight excluding hydrogens is 460 g/mol. The minimum atomic E-state index is -1.13. The highest BCUT2D eigenvalue weighted by Gasteiger charge is 2.73. The predicted octanol–water partition coefficient (Wildman–Crippen LogP) is 2.58. The lowest BCUT2D eigenvalue weighted by Crippen LogP contribution is -2.78. The van der Waals surface area contributed by atoms with E-state index in [-0.39, 0.29) is 29.8 Å². The molecule has 2 bridgehead atoms. The smallest absolute Gasteiger partial charge is 0.244 e. The van der Waals surface area contributed by atoms with Crippen molar-refractivity contribution < 1.29 is 28.6 Å². The van der Waals surface area contributed by atoms with Gasteiger partial charge in [-0.25, -0.2) is 0 Å². The van der Waals surface area contributed by atoms with Gasteiger partial charge in [-0.05, 0) is 62.3 Å². The Hall–Kier alpha value is -3.26. The van der Waals surface area contributed by atoms with Gasteiger partial charge in [-0.3, -0.25) is 9.59 Å². The molecule has 36 heavy (non-hydrogen) atoms. The average Bonchev–Trinajstić information content (AvgIpc) is 3.47. The van der Waals surface area contributed by atoms with E-state index in [0.717, 1.165) is 29.5 Å². The van der Waals surface area contributed by atoms with E-state index >= 15 is 0 Å². The Labute approximate surface area is 209 Å². The number of benzene rings is 1. The molecule has 3 aliphatic carbocycles. The van der Waals surface area contributed by atoms with Crippen LogP contribution in [-0.4, -0.2) is 59.3 Å². The summed E-state index contributed by atoms with van der Waals surface area (Å²) < 4.78 is 17.4. The van der Waals surface area contributed by atoms with Crippen LogP contribution in [0.1, 0.15) is 48.8 Å². The van der Waals surface area contributed by atoms with Crippen molar-refractivity contribution in [3.8, 4) is 11.5 Å². The number of amides is 2. The van der Waals surface area contributed by atoms with Crippen molar-refractivity contribution >= 4 is 17.9 Å². The predicted molar refractivity (Wildman–Crippen MR) is 129 cm³/mol. The van der Waals surface area contributed by atoms with Crippen molar-refractivity contribution in [3.63, 3.8) is 0 Å². The summed E-state index contributed by atoms with van der Waals surface area (Å²) in [5.74, 6) is 1.37. The first-order valence-corrected chi connectivity index (χ1v) is 12.9. The summed E-state index contributed by atoms with van der Waals surface area (Å²) in [6, 6.07) is 5.17. The summed E-state index contributed by atoms with van der Waals surface area (Å²) in [4.78, 5) is 28.1. The number of aliphatic hydroxyl groups is 1. The summed E-state index contributed by atoms with van der Waals surface area (Å²) >= 11 is 0. The Bertz CT molecular complexity index is 1270. The Morgan fingerprint density at radius 1 is 1.22 bits per heavy atom. The number of likely N-dealkylation sites (tertiary alicyclic amines) is 1. The van der Waals surface area contributed by atoms with Crippen LogP contribution in [0.2, 0.25) is 0 Å². The van der Waals surface area contributed by atoms with Crippen LogP contribution in [0.25, 0.3) is 6.08 Å². The maximum absolute atomic E-state index is 13.3. The van der Waals surface area contributed by atoms with E-state index in [1.165, 1.54) is 6.08 Å². The fourth-order valence-electron chi connectivity index (χ4n) is 7.44. The highest BCUT2D eigenvalue weighted by atomic mass is 16.5. The monoisotopic (exact) mass is 490 g/mol. The van der Waals surface area contributed by atoms with Gasteiger partial charge in [0.1, 0.15) is 6.10 Å². The minimum Gasteiger partial charge on any atom is -0.493 e. The maximum Gasteiger partial charge on any atom is 0.244 e. The topological polar surface area (TPSA) is 101 Å². The third kappa shape index (κ3) is 2.85. The van der Waals surface area contributed by atoms with Crippen LogP contribution in [0.5, 0.6) is 11.5 Å².